The molecular weight excluding hydrogens is 362 g/mol. The van der Waals surface area contributed by atoms with Gasteiger partial charge in [-0.15, -0.1) is 11.3 Å². The molecule has 3 aromatic rings. The number of nitrogens with zero attached hydrogens (tertiary/aromatic N) is 4. The van der Waals surface area contributed by atoms with E-state index in [1.165, 1.54) is 0 Å². The molecule has 0 saturated carbocycles. The van der Waals surface area contributed by atoms with E-state index in [2.05, 4.69) is 26.4 Å². The zero-order valence-electron chi connectivity index (χ0n) is 15.4. The third-order valence-electron chi connectivity index (χ3n) is 4.47. The summed E-state index contributed by atoms with van der Waals surface area (Å²) < 4.78 is 10.8. The molecule has 0 aliphatic carbocycles. The molecule has 1 saturated heterocycles. The fourth-order valence-corrected chi connectivity index (χ4v) is 3.79. The van der Waals surface area contributed by atoms with Crippen LogP contribution in [0.3, 0.4) is 0 Å². The highest BCUT2D eigenvalue weighted by molar-refractivity contribution is 7.13. The van der Waals surface area contributed by atoms with Crippen molar-refractivity contribution in [3.05, 3.63) is 35.5 Å². The molecule has 0 spiro atoms. The molecule has 3 aromatic heterocycles. The molecule has 142 valence electrons. The van der Waals surface area contributed by atoms with Gasteiger partial charge < -0.3 is 14.6 Å². The van der Waals surface area contributed by atoms with Crippen LogP contribution in [0.25, 0.3) is 21.9 Å². The molecule has 27 heavy (non-hydrogen) atoms. The predicted octanol–water partition coefficient (Wildman–Crippen LogP) is 3.30. The van der Waals surface area contributed by atoms with Crippen LogP contribution in [-0.4, -0.2) is 59.4 Å². The Hall–Kier alpha value is -2.29. The summed E-state index contributed by atoms with van der Waals surface area (Å²) in [5.74, 6) is 1.33. The van der Waals surface area contributed by atoms with Crippen molar-refractivity contribution in [3.63, 3.8) is 0 Å². The Morgan fingerprint density at radius 1 is 1.30 bits per heavy atom. The summed E-state index contributed by atoms with van der Waals surface area (Å²) in [7, 11) is 0. The van der Waals surface area contributed by atoms with Crippen LogP contribution in [0.4, 0.5) is 5.95 Å². The Labute approximate surface area is 162 Å². The minimum Gasteiger partial charge on any atom is -0.379 e. The highest BCUT2D eigenvalue weighted by Gasteiger charge is 2.16. The summed E-state index contributed by atoms with van der Waals surface area (Å²) >= 11 is 1.65. The third-order valence-corrected chi connectivity index (χ3v) is 5.35. The van der Waals surface area contributed by atoms with Crippen LogP contribution in [0.5, 0.6) is 0 Å². The lowest BCUT2D eigenvalue weighted by atomic mass is 10.1. The second kappa shape index (κ2) is 8.60. The van der Waals surface area contributed by atoms with Crippen molar-refractivity contribution >= 4 is 17.3 Å². The van der Waals surface area contributed by atoms with Crippen LogP contribution in [0, 0.1) is 6.92 Å². The Bertz CT molecular complexity index is 859. The number of aromatic nitrogens is 3. The molecule has 8 heteroatoms. The van der Waals surface area contributed by atoms with Gasteiger partial charge in [0.05, 0.1) is 35.0 Å². The Morgan fingerprint density at radius 2 is 2.19 bits per heavy atom. The summed E-state index contributed by atoms with van der Waals surface area (Å²) in [6.45, 7) is 7.51. The first-order chi connectivity index (χ1) is 13.3. The minimum atomic E-state index is 0.639. The number of hydrogen-bond acceptors (Lipinski definition) is 8. The van der Waals surface area contributed by atoms with Gasteiger partial charge in [-0.1, -0.05) is 11.2 Å². The van der Waals surface area contributed by atoms with Crippen molar-refractivity contribution in [1.29, 1.82) is 0 Å². The van der Waals surface area contributed by atoms with Crippen LogP contribution in [0.15, 0.2) is 34.3 Å². The summed E-state index contributed by atoms with van der Waals surface area (Å²) in [6.07, 6.45) is 2.85. The fraction of sp³-hybridized carbons (Fsp3) is 0.421. The number of morpholine rings is 1. The molecule has 0 radical (unpaired) electrons. The number of anilines is 1. The summed E-state index contributed by atoms with van der Waals surface area (Å²) in [5.41, 5.74) is 2.57. The van der Waals surface area contributed by atoms with E-state index in [1.807, 2.05) is 30.6 Å². The molecule has 0 bridgehead atoms. The molecule has 4 rings (SSSR count). The molecule has 1 aliphatic heterocycles. The Balaban J connectivity index is 1.45. The van der Waals surface area contributed by atoms with E-state index in [1.54, 1.807) is 11.3 Å². The van der Waals surface area contributed by atoms with Gasteiger partial charge in [0, 0.05) is 31.9 Å². The average molecular weight is 385 g/mol. The van der Waals surface area contributed by atoms with Gasteiger partial charge in [0.2, 0.25) is 5.95 Å². The molecule has 0 amide bonds. The number of thiophene rings is 1. The van der Waals surface area contributed by atoms with Crippen LogP contribution in [0.2, 0.25) is 0 Å². The molecular formula is C19H23N5O2S. The number of aryl methyl sites for hydroxylation is 1. The van der Waals surface area contributed by atoms with E-state index in [0.29, 0.717) is 11.7 Å². The lowest BCUT2D eigenvalue weighted by molar-refractivity contribution is 0.0378. The van der Waals surface area contributed by atoms with E-state index in [9.17, 15) is 0 Å². The largest absolute Gasteiger partial charge is 0.379 e. The van der Waals surface area contributed by atoms with Gasteiger partial charge >= 0.3 is 0 Å². The zero-order chi connectivity index (χ0) is 18.5. The van der Waals surface area contributed by atoms with Crippen molar-refractivity contribution in [2.24, 2.45) is 0 Å². The fourth-order valence-electron chi connectivity index (χ4n) is 3.07. The first-order valence-electron chi connectivity index (χ1n) is 9.18. The van der Waals surface area contributed by atoms with Crippen molar-refractivity contribution < 1.29 is 9.26 Å². The molecule has 1 aliphatic rings. The van der Waals surface area contributed by atoms with E-state index in [0.717, 1.165) is 67.6 Å². The number of nitrogens with one attached hydrogen (secondary N) is 1. The van der Waals surface area contributed by atoms with Gasteiger partial charge in [0.25, 0.3) is 0 Å². The van der Waals surface area contributed by atoms with Gasteiger partial charge in [-0.3, -0.25) is 4.90 Å². The highest BCUT2D eigenvalue weighted by atomic mass is 32.1. The maximum absolute atomic E-state index is 5.43. The number of ether oxygens (including phenoxy) is 1. The van der Waals surface area contributed by atoms with Gasteiger partial charge in [0.1, 0.15) is 0 Å². The van der Waals surface area contributed by atoms with E-state index in [4.69, 9.17) is 14.2 Å². The molecule has 1 N–H and O–H groups in total. The maximum atomic E-state index is 5.43. The Morgan fingerprint density at radius 3 is 2.93 bits per heavy atom. The second-order valence-electron chi connectivity index (χ2n) is 6.50. The van der Waals surface area contributed by atoms with E-state index < -0.39 is 0 Å². The quantitative estimate of drug-likeness (QED) is 0.625. The van der Waals surface area contributed by atoms with Crippen LogP contribution < -0.4 is 5.32 Å². The van der Waals surface area contributed by atoms with Crippen molar-refractivity contribution in [2.75, 3.05) is 44.7 Å². The second-order valence-corrected chi connectivity index (χ2v) is 7.45. The first kappa shape index (κ1) is 18.1. The van der Waals surface area contributed by atoms with Crippen LogP contribution in [0.1, 0.15) is 12.1 Å². The van der Waals surface area contributed by atoms with Gasteiger partial charge in [-0.05, 0) is 31.3 Å². The maximum Gasteiger partial charge on any atom is 0.223 e. The summed E-state index contributed by atoms with van der Waals surface area (Å²) in [4.78, 5) is 12.7. The van der Waals surface area contributed by atoms with E-state index >= 15 is 0 Å². The van der Waals surface area contributed by atoms with Crippen molar-refractivity contribution in [1.82, 2.24) is 20.0 Å². The number of rotatable bonds is 7. The predicted molar refractivity (Wildman–Crippen MR) is 106 cm³/mol. The summed E-state index contributed by atoms with van der Waals surface area (Å²) in [5, 5.41) is 9.38. The molecule has 0 aromatic carbocycles. The highest BCUT2D eigenvalue weighted by Crippen LogP contribution is 2.33. The normalized spacial score (nSPS) is 15.1. The van der Waals surface area contributed by atoms with Gasteiger partial charge in [-0.2, -0.15) is 0 Å². The lowest BCUT2D eigenvalue weighted by Crippen LogP contribution is -2.37. The Kier molecular flexibility index (Phi) is 5.76. The molecule has 1 fully saturated rings. The first-order valence-corrected chi connectivity index (χ1v) is 10.1. The molecule has 7 nitrogen and oxygen atoms in total. The van der Waals surface area contributed by atoms with Gasteiger partial charge in [0.15, 0.2) is 5.76 Å². The summed E-state index contributed by atoms with van der Waals surface area (Å²) in [6, 6.07) is 5.99. The SMILES string of the molecule is Cc1cc(-c2cnc(NCCCN3CCOCC3)nc2-c2cccs2)on1. The monoisotopic (exact) mass is 385 g/mol. The van der Waals surface area contributed by atoms with Gasteiger partial charge in [-0.25, -0.2) is 9.97 Å². The molecule has 4 heterocycles. The van der Waals surface area contributed by atoms with Crippen LogP contribution >= 0.6 is 11.3 Å². The standard InChI is InChI=1S/C19H23N5O2S/c1-14-12-16(26-23-14)15-13-21-19(22-18(15)17-4-2-11-27-17)20-5-3-6-24-7-9-25-10-8-24/h2,4,11-13H,3,5-10H2,1H3,(H,20,21,22). The topological polar surface area (TPSA) is 76.3 Å². The molecule has 0 atom stereocenters. The minimum absolute atomic E-state index is 0.639. The zero-order valence-corrected chi connectivity index (χ0v) is 16.2. The molecule has 0 unspecified atom stereocenters. The number of hydrogen-bond donors (Lipinski definition) is 1. The van der Waals surface area contributed by atoms with Crippen LogP contribution in [-0.2, 0) is 4.74 Å². The van der Waals surface area contributed by atoms with Crippen molar-refractivity contribution in [3.8, 4) is 21.9 Å². The third kappa shape index (κ3) is 4.52. The lowest BCUT2D eigenvalue weighted by Gasteiger charge is -2.26. The van der Waals surface area contributed by atoms with E-state index in [-0.39, 0.29) is 0 Å². The average Bonchev–Trinajstić information content (AvgIpc) is 3.38. The van der Waals surface area contributed by atoms with Crippen molar-refractivity contribution in [2.45, 2.75) is 13.3 Å². The smallest absolute Gasteiger partial charge is 0.223 e.